The third-order valence-electron chi connectivity index (χ3n) is 2.84. The summed E-state index contributed by atoms with van der Waals surface area (Å²) in [6.07, 6.45) is 0. The van der Waals surface area contributed by atoms with Crippen molar-refractivity contribution in [1.29, 1.82) is 0 Å². The Bertz CT molecular complexity index is 402. The van der Waals surface area contributed by atoms with E-state index in [9.17, 15) is 4.79 Å². The molecular formula is C12H16ClN3O. The maximum atomic E-state index is 11.2. The van der Waals surface area contributed by atoms with Crippen molar-refractivity contribution in [3.8, 4) is 0 Å². The van der Waals surface area contributed by atoms with Gasteiger partial charge in [-0.3, -0.25) is 4.79 Å². The lowest BCUT2D eigenvalue weighted by Gasteiger charge is -2.34. The minimum atomic E-state index is 0.146. The molecule has 1 aromatic rings. The maximum absolute atomic E-state index is 11.2. The molecule has 0 aromatic heterocycles. The molecule has 92 valence electrons. The van der Waals surface area contributed by atoms with Gasteiger partial charge in [0, 0.05) is 38.1 Å². The van der Waals surface area contributed by atoms with Gasteiger partial charge in [-0.25, -0.2) is 5.01 Å². The van der Waals surface area contributed by atoms with Gasteiger partial charge >= 0.3 is 0 Å². The molecule has 0 saturated carbocycles. The maximum Gasteiger partial charge on any atom is 0.219 e. The molecular weight excluding hydrogens is 238 g/mol. The molecule has 1 aliphatic heterocycles. The summed E-state index contributed by atoms with van der Waals surface area (Å²) >= 11 is 5.92. The Morgan fingerprint density at radius 3 is 2.59 bits per heavy atom. The lowest BCUT2D eigenvalue weighted by molar-refractivity contribution is -0.130. The van der Waals surface area contributed by atoms with Crippen LogP contribution < -0.4 is 5.43 Å². The first-order chi connectivity index (χ1) is 8.15. The zero-order valence-corrected chi connectivity index (χ0v) is 10.6. The zero-order valence-electron chi connectivity index (χ0n) is 9.82. The molecule has 4 nitrogen and oxygen atoms in total. The molecule has 17 heavy (non-hydrogen) atoms. The summed E-state index contributed by atoms with van der Waals surface area (Å²) < 4.78 is 0. The molecule has 0 spiro atoms. The number of amides is 1. The number of carbonyl (C=O) groups excluding carboxylic acids is 1. The Balaban J connectivity index is 1.88. The van der Waals surface area contributed by atoms with Gasteiger partial charge in [0.2, 0.25) is 5.91 Å². The lowest BCUT2D eigenvalue weighted by Crippen LogP contribution is -2.49. The van der Waals surface area contributed by atoms with E-state index in [2.05, 4.69) is 10.4 Å². The highest BCUT2D eigenvalue weighted by molar-refractivity contribution is 6.30. The summed E-state index contributed by atoms with van der Waals surface area (Å²) in [5.74, 6) is 0.146. The predicted molar refractivity (Wildman–Crippen MR) is 68.9 cm³/mol. The van der Waals surface area contributed by atoms with E-state index in [0.29, 0.717) is 0 Å². The second-order valence-corrected chi connectivity index (χ2v) is 4.55. The number of hydrazine groups is 1. The number of benzene rings is 1. The number of nitrogens with zero attached hydrogens (tertiary/aromatic N) is 2. The largest absolute Gasteiger partial charge is 0.340 e. The number of nitrogens with one attached hydrogen (secondary N) is 1. The first-order valence-corrected chi connectivity index (χ1v) is 6.05. The zero-order chi connectivity index (χ0) is 12.3. The van der Waals surface area contributed by atoms with Crippen LogP contribution in [-0.2, 0) is 4.79 Å². The number of anilines is 1. The van der Waals surface area contributed by atoms with E-state index >= 15 is 0 Å². The van der Waals surface area contributed by atoms with Crippen molar-refractivity contribution in [3.05, 3.63) is 29.3 Å². The Morgan fingerprint density at radius 1 is 1.29 bits per heavy atom. The number of hydrogen-bond acceptors (Lipinski definition) is 3. The average Bonchev–Trinajstić information content (AvgIpc) is 2.29. The summed E-state index contributed by atoms with van der Waals surface area (Å²) in [5, 5.41) is 2.82. The SMILES string of the molecule is CC(=O)N1CCN(Nc2cccc(Cl)c2)CC1. The molecule has 1 fully saturated rings. The van der Waals surface area contributed by atoms with Gasteiger partial charge in [0.15, 0.2) is 0 Å². The minimum absolute atomic E-state index is 0.146. The van der Waals surface area contributed by atoms with Crippen LogP contribution in [0.2, 0.25) is 5.02 Å². The van der Waals surface area contributed by atoms with Gasteiger partial charge in [-0.15, -0.1) is 0 Å². The van der Waals surface area contributed by atoms with Crippen LogP contribution in [-0.4, -0.2) is 42.0 Å². The molecule has 1 amide bonds. The number of halogens is 1. The Hall–Kier alpha value is -1.26. The number of piperazine rings is 1. The molecule has 0 unspecified atom stereocenters. The van der Waals surface area contributed by atoms with Gasteiger partial charge in [0.25, 0.3) is 0 Å². The quantitative estimate of drug-likeness (QED) is 0.874. The third kappa shape index (κ3) is 3.35. The summed E-state index contributed by atoms with van der Waals surface area (Å²) in [4.78, 5) is 13.0. The van der Waals surface area contributed by atoms with Crippen molar-refractivity contribution >= 4 is 23.2 Å². The molecule has 1 aromatic carbocycles. The summed E-state index contributed by atoms with van der Waals surface area (Å²) in [6, 6.07) is 7.62. The minimum Gasteiger partial charge on any atom is -0.340 e. The van der Waals surface area contributed by atoms with Crippen LogP contribution in [0.25, 0.3) is 0 Å². The van der Waals surface area contributed by atoms with Gasteiger partial charge in [-0.1, -0.05) is 17.7 Å². The molecule has 0 bridgehead atoms. The normalized spacial score (nSPS) is 16.9. The van der Waals surface area contributed by atoms with Crippen molar-refractivity contribution in [2.75, 3.05) is 31.6 Å². The van der Waals surface area contributed by atoms with E-state index in [1.54, 1.807) is 6.92 Å². The molecule has 2 rings (SSSR count). The molecule has 1 N–H and O–H groups in total. The van der Waals surface area contributed by atoms with E-state index in [-0.39, 0.29) is 5.91 Å². The number of carbonyl (C=O) groups is 1. The molecule has 0 aliphatic carbocycles. The van der Waals surface area contributed by atoms with E-state index in [0.717, 1.165) is 36.9 Å². The van der Waals surface area contributed by atoms with Crippen molar-refractivity contribution in [3.63, 3.8) is 0 Å². The average molecular weight is 254 g/mol. The van der Waals surface area contributed by atoms with Gasteiger partial charge < -0.3 is 10.3 Å². The Kier molecular flexibility index (Phi) is 3.86. The fourth-order valence-corrected chi connectivity index (χ4v) is 2.06. The van der Waals surface area contributed by atoms with Crippen molar-refractivity contribution < 1.29 is 4.79 Å². The molecule has 0 atom stereocenters. The summed E-state index contributed by atoms with van der Waals surface area (Å²) in [6.45, 7) is 4.80. The monoisotopic (exact) mass is 253 g/mol. The standard InChI is InChI=1S/C12H16ClN3O/c1-10(17)15-5-7-16(8-6-15)14-12-4-2-3-11(13)9-12/h2-4,9,14H,5-8H2,1H3. The van der Waals surface area contributed by atoms with Crippen LogP contribution in [0.3, 0.4) is 0 Å². The highest BCUT2D eigenvalue weighted by Gasteiger charge is 2.18. The Labute approximate surface area is 106 Å². The second-order valence-electron chi connectivity index (χ2n) is 4.12. The second kappa shape index (κ2) is 5.38. The first-order valence-electron chi connectivity index (χ1n) is 5.68. The van der Waals surface area contributed by atoms with Gasteiger partial charge in [0.05, 0.1) is 5.69 Å². The number of rotatable bonds is 2. The first kappa shape index (κ1) is 12.2. The fourth-order valence-electron chi connectivity index (χ4n) is 1.87. The highest BCUT2D eigenvalue weighted by atomic mass is 35.5. The van der Waals surface area contributed by atoms with Crippen molar-refractivity contribution in [1.82, 2.24) is 9.91 Å². The summed E-state index contributed by atoms with van der Waals surface area (Å²) in [7, 11) is 0. The Morgan fingerprint density at radius 2 is 2.00 bits per heavy atom. The molecule has 5 heteroatoms. The van der Waals surface area contributed by atoms with Crippen LogP contribution in [0.1, 0.15) is 6.92 Å². The van der Waals surface area contributed by atoms with E-state index < -0.39 is 0 Å². The van der Waals surface area contributed by atoms with E-state index in [1.807, 2.05) is 29.2 Å². The molecule has 1 saturated heterocycles. The number of hydrogen-bond donors (Lipinski definition) is 1. The van der Waals surface area contributed by atoms with Crippen molar-refractivity contribution in [2.45, 2.75) is 6.92 Å². The summed E-state index contributed by atoms with van der Waals surface area (Å²) in [5.41, 5.74) is 4.27. The predicted octanol–water partition coefficient (Wildman–Crippen LogP) is 1.83. The van der Waals surface area contributed by atoms with Gasteiger partial charge in [0.1, 0.15) is 0 Å². The van der Waals surface area contributed by atoms with E-state index in [1.165, 1.54) is 0 Å². The van der Waals surface area contributed by atoms with E-state index in [4.69, 9.17) is 11.6 Å². The van der Waals surface area contributed by atoms with Crippen LogP contribution >= 0.6 is 11.6 Å². The molecule has 1 aliphatic rings. The van der Waals surface area contributed by atoms with Crippen molar-refractivity contribution in [2.24, 2.45) is 0 Å². The smallest absolute Gasteiger partial charge is 0.219 e. The van der Waals surface area contributed by atoms with Gasteiger partial charge in [-0.05, 0) is 18.2 Å². The highest BCUT2D eigenvalue weighted by Crippen LogP contribution is 2.16. The van der Waals surface area contributed by atoms with Crippen LogP contribution in [0.5, 0.6) is 0 Å². The lowest BCUT2D eigenvalue weighted by atomic mass is 10.3. The third-order valence-corrected chi connectivity index (χ3v) is 3.07. The van der Waals surface area contributed by atoms with Crippen LogP contribution in [0.4, 0.5) is 5.69 Å². The topological polar surface area (TPSA) is 35.6 Å². The van der Waals surface area contributed by atoms with Crippen LogP contribution in [0.15, 0.2) is 24.3 Å². The fraction of sp³-hybridized carbons (Fsp3) is 0.417. The van der Waals surface area contributed by atoms with Gasteiger partial charge in [-0.2, -0.15) is 0 Å². The molecule has 1 heterocycles. The molecule has 0 radical (unpaired) electrons. The van der Waals surface area contributed by atoms with Crippen LogP contribution in [0, 0.1) is 0 Å².